The van der Waals surface area contributed by atoms with E-state index in [4.69, 9.17) is 4.74 Å². The van der Waals surface area contributed by atoms with Crippen LogP contribution in [0.2, 0.25) is 0 Å². The lowest BCUT2D eigenvalue weighted by Gasteiger charge is -2.28. The third-order valence-electron chi connectivity index (χ3n) is 4.02. The van der Waals surface area contributed by atoms with Gasteiger partial charge >= 0.3 is 6.09 Å². The van der Waals surface area contributed by atoms with Gasteiger partial charge in [0, 0.05) is 26.2 Å². The summed E-state index contributed by atoms with van der Waals surface area (Å²) in [5, 5.41) is 5.36. The number of hydrogen-bond donors (Lipinski definition) is 2. The Morgan fingerprint density at radius 3 is 2.19 bits per heavy atom. The molecule has 1 heterocycles. The summed E-state index contributed by atoms with van der Waals surface area (Å²) in [4.78, 5) is 40.0. The molecule has 1 fully saturated rings. The van der Waals surface area contributed by atoms with Gasteiger partial charge in [0.2, 0.25) is 11.8 Å². The van der Waals surface area contributed by atoms with Crippen LogP contribution in [0, 0.1) is 0 Å². The molecule has 26 heavy (non-hydrogen) atoms. The lowest BCUT2D eigenvalue weighted by Crippen LogP contribution is -2.56. The van der Waals surface area contributed by atoms with Crippen LogP contribution in [0.5, 0.6) is 0 Å². The maximum Gasteiger partial charge on any atom is 0.408 e. The fourth-order valence-electron chi connectivity index (χ4n) is 2.57. The van der Waals surface area contributed by atoms with E-state index in [0.29, 0.717) is 19.6 Å². The molecular weight excluding hydrogens is 336 g/mol. The van der Waals surface area contributed by atoms with E-state index < -0.39 is 17.2 Å². The Morgan fingerprint density at radius 2 is 1.65 bits per heavy atom. The number of likely N-dealkylation sites (N-methyl/N-ethyl adjacent to an activating group) is 1. The van der Waals surface area contributed by atoms with Gasteiger partial charge in [0.25, 0.3) is 0 Å². The molecule has 0 aromatic heterocycles. The number of likely N-dealkylation sites (tertiary alicyclic amines) is 1. The zero-order chi connectivity index (χ0) is 20.0. The molecule has 0 atom stereocenters. The van der Waals surface area contributed by atoms with Crippen molar-refractivity contribution in [2.24, 2.45) is 0 Å². The van der Waals surface area contributed by atoms with Crippen molar-refractivity contribution in [2.45, 2.75) is 58.6 Å². The van der Waals surface area contributed by atoms with Gasteiger partial charge in [0.15, 0.2) is 0 Å². The van der Waals surface area contributed by atoms with Gasteiger partial charge in [-0.05, 0) is 54.5 Å². The second-order valence-electron chi connectivity index (χ2n) is 8.33. The molecule has 150 valence electrons. The minimum absolute atomic E-state index is 0.128. The quantitative estimate of drug-likeness (QED) is 0.697. The van der Waals surface area contributed by atoms with E-state index in [1.165, 1.54) is 0 Å². The topological polar surface area (TPSA) is 91.0 Å². The minimum atomic E-state index is -1.09. The molecular formula is C18H34N4O4. The molecule has 0 bridgehead atoms. The van der Waals surface area contributed by atoms with Gasteiger partial charge in [0.1, 0.15) is 11.1 Å². The van der Waals surface area contributed by atoms with Crippen LogP contribution in [-0.2, 0) is 14.3 Å². The summed E-state index contributed by atoms with van der Waals surface area (Å²) in [6.07, 6.45) is 1.52. The number of hydrogen-bond acceptors (Lipinski definition) is 5. The van der Waals surface area contributed by atoms with Crippen molar-refractivity contribution >= 4 is 17.9 Å². The van der Waals surface area contributed by atoms with E-state index in [1.807, 2.05) is 16.8 Å². The second kappa shape index (κ2) is 9.21. The van der Waals surface area contributed by atoms with Crippen LogP contribution in [0.25, 0.3) is 0 Å². The van der Waals surface area contributed by atoms with Crippen LogP contribution in [-0.4, -0.2) is 78.6 Å². The Labute approximate surface area is 156 Å². The van der Waals surface area contributed by atoms with Crippen LogP contribution < -0.4 is 10.6 Å². The summed E-state index contributed by atoms with van der Waals surface area (Å²) < 4.78 is 5.18. The number of ether oxygens (including phenoxy) is 1. The number of nitrogens with one attached hydrogen (secondary N) is 2. The van der Waals surface area contributed by atoms with Crippen molar-refractivity contribution < 1.29 is 19.1 Å². The highest BCUT2D eigenvalue weighted by Crippen LogP contribution is 2.10. The number of carbonyl (C=O) groups excluding carboxylic acids is 3. The molecule has 1 saturated heterocycles. The number of alkyl carbamates (subject to hydrolysis) is 1. The summed E-state index contributed by atoms with van der Waals surface area (Å²) in [7, 11) is 1.85. The molecule has 3 amide bonds. The largest absolute Gasteiger partial charge is 0.444 e. The van der Waals surface area contributed by atoms with Crippen molar-refractivity contribution in [3.05, 3.63) is 0 Å². The average molecular weight is 370 g/mol. The first-order valence-corrected chi connectivity index (χ1v) is 9.16. The molecule has 0 radical (unpaired) electrons. The zero-order valence-electron chi connectivity index (χ0n) is 17.0. The van der Waals surface area contributed by atoms with E-state index in [9.17, 15) is 14.4 Å². The number of carbonyl (C=O) groups is 3. The van der Waals surface area contributed by atoms with Crippen LogP contribution in [0.4, 0.5) is 4.79 Å². The normalized spacial score (nSPS) is 15.1. The number of rotatable bonds is 7. The first-order chi connectivity index (χ1) is 11.9. The SMILES string of the molecule is CN(CCNC(=O)C(C)(C)NC(=O)OC(C)(C)C)CC(=O)N1CCCC1. The molecule has 0 spiro atoms. The van der Waals surface area contributed by atoms with Crippen LogP contribution in [0.15, 0.2) is 0 Å². The third-order valence-corrected chi connectivity index (χ3v) is 4.02. The van der Waals surface area contributed by atoms with Gasteiger partial charge in [-0.15, -0.1) is 0 Å². The Kier molecular flexibility index (Phi) is 7.87. The Hall–Kier alpha value is -1.83. The van der Waals surface area contributed by atoms with Crippen molar-refractivity contribution in [1.29, 1.82) is 0 Å². The summed E-state index contributed by atoms with van der Waals surface area (Å²) in [5.41, 5.74) is -1.71. The average Bonchev–Trinajstić information content (AvgIpc) is 2.98. The molecule has 8 nitrogen and oxygen atoms in total. The lowest BCUT2D eigenvalue weighted by molar-refractivity contribution is -0.131. The van der Waals surface area contributed by atoms with Crippen LogP contribution in [0.1, 0.15) is 47.5 Å². The van der Waals surface area contributed by atoms with Gasteiger partial charge < -0.3 is 20.3 Å². The van der Waals surface area contributed by atoms with Gasteiger partial charge in [-0.2, -0.15) is 0 Å². The van der Waals surface area contributed by atoms with Gasteiger partial charge in [-0.1, -0.05) is 0 Å². The first kappa shape index (κ1) is 22.2. The Bertz CT molecular complexity index is 508. The fourth-order valence-corrected chi connectivity index (χ4v) is 2.57. The lowest BCUT2D eigenvalue weighted by atomic mass is 10.1. The first-order valence-electron chi connectivity index (χ1n) is 9.16. The van der Waals surface area contributed by atoms with Crippen molar-refractivity contribution in [3.8, 4) is 0 Å². The molecule has 8 heteroatoms. The van der Waals surface area contributed by atoms with Crippen LogP contribution in [0.3, 0.4) is 0 Å². The van der Waals surface area contributed by atoms with E-state index in [2.05, 4.69) is 10.6 Å². The Morgan fingerprint density at radius 1 is 1.08 bits per heavy atom. The molecule has 0 unspecified atom stereocenters. The summed E-state index contributed by atoms with van der Waals surface area (Å²) in [6.45, 7) is 11.5. The van der Waals surface area contributed by atoms with Crippen molar-refractivity contribution in [3.63, 3.8) is 0 Å². The molecule has 0 aromatic rings. The van der Waals surface area contributed by atoms with Crippen molar-refractivity contribution in [2.75, 3.05) is 39.8 Å². The molecule has 0 aliphatic carbocycles. The molecule has 0 aromatic carbocycles. The molecule has 1 aliphatic heterocycles. The second-order valence-corrected chi connectivity index (χ2v) is 8.33. The maximum absolute atomic E-state index is 12.3. The minimum Gasteiger partial charge on any atom is -0.444 e. The van der Waals surface area contributed by atoms with E-state index in [0.717, 1.165) is 25.9 Å². The standard InChI is InChI=1S/C18H34N4O4/c1-17(2,3)26-16(25)20-18(4,5)15(24)19-9-12-21(6)13-14(23)22-10-7-8-11-22/h7-13H2,1-6H3,(H,19,24)(H,20,25). The molecule has 1 aliphatic rings. The van der Waals surface area contributed by atoms with Crippen molar-refractivity contribution in [1.82, 2.24) is 20.4 Å². The predicted octanol–water partition coefficient (Wildman–Crippen LogP) is 0.960. The van der Waals surface area contributed by atoms with E-state index >= 15 is 0 Å². The third kappa shape index (κ3) is 8.03. The van der Waals surface area contributed by atoms with Gasteiger partial charge in [-0.3, -0.25) is 14.5 Å². The van der Waals surface area contributed by atoms with Gasteiger partial charge in [0.05, 0.1) is 6.54 Å². The van der Waals surface area contributed by atoms with Crippen LogP contribution >= 0.6 is 0 Å². The molecule has 2 N–H and O–H groups in total. The molecule has 1 rings (SSSR count). The summed E-state index contributed by atoms with van der Waals surface area (Å²) in [6, 6.07) is 0. The highest BCUT2D eigenvalue weighted by atomic mass is 16.6. The highest BCUT2D eigenvalue weighted by molar-refractivity contribution is 5.89. The monoisotopic (exact) mass is 370 g/mol. The van der Waals surface area contributed by atoms with E-state index in [1.54, 1.807) is 34.6 Å². The smallest absolute Gasteiger partial charge is 0.408 e. The Balaban J connectivity index is 2.32. The molecule has 0 saturated carbocycles. The summed E-state index contributed by atoms with van der Waals surface area (Å²) in [5.74, 6) is -0.175. The summed E-state index contributed by atoms with van der Waals surface area (Å²) >= 11 is 0. The predicted molar refractivity (Wildman–Crippen MR) is 99.8 cm³/mol. The van der Waals surface area contributed by atoms with E-state index in [-0.39, 0.29) is 11.8 Å². The highest BCUT2D eigenvalue weighted by Gasteiger charge is 2.31. The number of amides is 3. The maximum atomic E-state index is 12.3. The zero-order valence-corrected chi connectivity index (χ0v) is 17.0. The number of nitrogens with zero attached hydrogens (tertiary/aromatic N) is 2. The fraction of sp³-hybridized carbons (Fsp3) is 0.833. The van der Waals surface area contributed by atoms with Gasteiger partial charge in [-0.25, -0.2) is 4.79 Å².